The molecule has 7 heteroatoms. The maximum atomic E-state index is 11.8. The Morgan fingerprint density at radius 1 is 1.35 bits per heavy atom. The molecule has 0 unspecified atom stereocenters. The number of benzene rings is 1. The van der Waals surface area contributed by atoms with E-state index in [1.54, 1.807) is 0 Å². The number of non-ortho nitro benzene ring substituents is 1. The molecule has 0 radical (unpaired) electrons. The van der Waals surface area contributed by atoms with Gasteiger partial charge in [-0.1, -0.05) is 6.07 Å². The first-order valence-electron chi connectivity index (χ1n) is 5.65. The summed E-state index contributed by atoms with van der Waals surface area (Å²) >= 11 is 1.44. The van der Waals surface area contributed by atoms with Crippen molar-refractivity contribution >= 4 is 23.0 Å². The Hall–Kier alpha value is -2.41. The lowest BCUT2D eigenvalue weighted by Gasteiger charge is -2.08. The van der Waals surface area contributed by atoms with Crippen LogP contribution in [0.3, 0.4) is 0 Å². The summed E-state index contributed by atoms with van der Waals surface area (Å²) in [5, 5.41) is 12.6. The molecule has 0 aliphatic heterocycles. The Morgan fingerprint density at radius 3 is 2.75 bits per heavy atom. The van der Waals surface area contributed by atoms with Gasteiger partial charge in [0.1, 0.15) is 0 Å². The molecular weight excluding hydrogens is 282 g/mol. The second-order valence-corrected chi connectivity index (χ2v) is 4.85. The van der Waals surface area contributed by atoms with Gasteiger partial charge in [0.05, 0.1) is 24.5 Å². The zero-order valence-corrected chi connectivity index (χ0v) is 11.4. The lowest BCUT2D eigenvalue weighted by molar-refractivity contribution is -0.384. The Balaban J connectivity index is 2.16. The highest BCUT2D eigenvalue weighted by Crippen LogP contribution is 2.31. The largest absolute Gasteiger partial charge is 0.493 e. The summed E-state index contributed by atoms with van der Waals surface area (Å²) in [5.74, 6) is -0.176. The molecule has 104 valence electrons. The molecule has 6 nitrogen and oxygen atoms in total. The van der Waals surface area contributed by atoms with Gasteiger partial charge in [0.15, 0.2) is 11.5 Å². The van der Waals surface area contributed by atoms with Crippen molar-refractivity contribution in [3.63, 3.8) is 0 Å². The monoisotopic (exact) mass is 293 g/mol. The van der Waals surface area contributed by atoms with Gasteiger partial charge in [-0.05, 0) is 17.5 Å². The van der Waals surface area contributed by atoms with E-state index in [0.717, 1.165) is 4.88 Å². The molecule has 0 atom stereocenters. The molecule has 0 aliphatic carbocycles. The number of ether oxygens (including phenoxy) is 2. The molecule has 0 spiro atoms. The molecule has 0 saturated heterocycles. The van der Waals surface area contributed by atoms with E-state index in [0.29, 0.717) is 0 Å². The Labute approximate surface area is 118 Å². The number of carbonyl (C=O) groups excluding carboxylic acids is 1. The fourth-order valence-electron chi connectivity index (χ4n) is 1.57. The van der Waals surface area contributed by atoms with Gasteiger partial charge in [0.2, 0.25) is 0 Å². The van der Waals surface area contributed by atoms with Gasteiger partial charge in [-0.3, -0.25) is 14.9 Å². The third kappa shape index (κ3) is 3.33. The molecule has 1 heterocycles. The predicted octanol–water partition coefficient (Wildman–Crippen LogP) is 2.81. The highest BCUT2D eigenvalue weighted by molar-refractivity contribution is 7.10. The molecule has 0 N–H and O–H groups in total. The van der Waals surface area contributed by atoms with Crippen molar-refractivity contribution in [2.24, 2.45) is 0 Å². The van der Waals surface area contributed by atoms with Crippen LogP contribution < -0.4 is 9.47 Å². The van der Waals surface area contributed by atoms with Crippen LogP contribution >= 0.6 is 11.3 Å². The van der Waals surface area contributed by atoms with Crippen molar-refractivity contribution in [2.75, 3.05) is 7.11 Å². The van der Waals surface area contributed by atoms with Crippen molar-refractivity contribution in [2.45, 2.75) is 6.42 Å². The smallest absolute Gasteiger partial charge is 0.316 e. The SMILES string of the molecule is COc1ccc([N+](=O)[O-])cc1OC(=O)Cc1cccs1. The minimum atomic E-state index is -0.559. The third-order valence-corrected chi connectivity index (χ3v) is 3.36. The topological polar surface area (TPSA) is 78.7 Å². The van der Waals surface area contributed by atoms with Crippen LogP contribution in [0.1, 0.15) is 4.88 Å². The summed E-state index contributed by atoms with van der Waals surface area (Å²) in [6.45, 7) is 0. The lowest BCUT2D eigenvalue weighted by atomic mass is 10.3. The van der Waals surface area contributed by atoms with Gasteiger partial charge in [0, 0.05) is 10.9 Å². The number of carbonyl (C=O) groups is 1. The maximum Gasteiger partial charge on any atom is 0.316 e. The van der Waals surface area contributed by atoms with Crippen molar-refractivity contribution < 1.29 is 19.2 Å². The molecule has 1 aromatic heterocycles. The molecule has 0 amide bonds. The number of nitro benzene ring substituents is 1. The van der Waals surface area contributed by atoms with E-state index in [9.17, 15) is 14.9 Å². The molecule has 0 saturated carbocycles. The molecule has 0 fully saturated rings. The zero-order valence-electron chi connectivity index (χ0n) is 10.6. The van der Waals surface area contributed by atoms with E-state index in [-0.39, 0.29) is 23.6 Å². The van der Waals surface area contributed by atoms with Crippen LogP contribution in [0.4, 0.5) is 5.69 Å². The molecule has 1 aromatic carbocycles. The molecule has 0 aliphatic rings. The summed E-state index contributed by atoms with van der Waals surface area (Å²) in [5.41, 5.74) is -0.162. The number of nitro groups is 1. The number of nitrogens with zero attached hydrogens (tertiary/aromatic N) is 1. The zero-order chi connectivity index (χ0) is 14.5. The summed E-state index contributed by atoms with van der Waals surface area (Å²) < 4.78 is 10.2. The van der Waals surface area contributed by atoms with Crippen LogP contribution in [0, 0.1) is 10.1 Å². The Kier molecular flexibility index (Phi) is 4.31. The summed E-state index contributed by atoms with van der Waals surface area (Å²) in [7, 11) is 1.40. The summed E-state index contributed by atoms with van der Waals surface area (Å²) in [6, 6.07) is 7.50. The second kappa shape index (κ2) is 6.16. The van der Waals surface area contributed by atoms with Crippen LogP contribution in [0.25, 0.3) is 0 Å². The summed E-state index contributed by atoms with van der Waals surface area (Å²) in [4.78, 5) is 22.8. The van der Waals surface area contributed by atoms with E-state index in [1.165, 1.54) is 36.6 Å². The Bertz CT molecular complexity index is 624. The molecule has 2 rings (SSSR count). The number of esters is 1. The number of thiophene rings is 1. The van der Waals surface area contributed by atoms with Gasteiger partial charge >= 0.3 is 5.97 Å². The van der Waals surface area contributed by atoms with Crippen molar-refractivity contribution in [3.8, 4) is 11.5 Å². The maximum absolute atomic E-state index is 11.8. The average Bonchev–Trinajstić information content (AvgIpc) is 2.91. The fraction of sp³-hybridized carbons (Fsp3) is 0.154. The number of hydrogen-bond donors (Lipinski definition) is 0. The van der Waals surface area contributed by atoms with Crippen LogP contribution in [0.15, 0.2) is 35.7 Å². The first-order chi connectivity index (χ1) is 9.60. The standard InChI is InChI=1S/C13H11NO5S/c1-18-11-5-4-9(14(16)17)7-12(11)19-13(15)8-10-3-2-6-20-10/h2-7H,8H2,1H3. The minimum absolute atomic E-state index is 0.0447. The van der Waals surface area contributed by atoms with Gasteiger partial charge in [-0.25, -0.2) is 0 Å². The van der Waals surface area contributed by atoms with Crippen LogP contribution in [-0.4, -0.2) is 18.0 Å². The quantitative estimate of drug-likeness (QED) is 0.366. The third-order valence-electron chi connectivity index (χ3n) is 2.48. The lowest BCUT2D eigenvalue weighted by Crippen LogP contribution is -2.11. The van der Waals surface area contributed by atoms with Crippen molar-refractivity contribution in [1.82, 2.24) is 0 Å². The second-order valence-electron chi connectivity index (χ2n) is 3.82. The fourth-order valence-corrected chi connectivity index (χ4v) is 2.26. The van der Waals surface area contributed by atoms with Crippen LogP contribution in [0.2, 0.25) is 0 Å². The van der Waals surface area contributed by atoms with E-state index in [1.807, 2.05) is 17.5 Å². The first-order valence-corrected chi connectivity index (χ1v) is 6.53. The minimum Gasteiger partial charge on any atom is -0.493 e. The van der Waals surface area contributed by atoms with E-state index in [2.05, 4.69) is 0 Å². The summed E-state index contributed by atoms with van der Waals surface area (Å²) in [6.07, 6.45) is 0.115. The van der Waals surface area contributed by atoms with E-state index in [4.69, 9.17) is 9.47 Å². The molecule has 0 bridgehead atoms. The van der Waals surface area contributed by atoms with Gasteiger partial charge in [-0.15, -0.1) is 11.3 Å². The molecular formula is C13H11NO5S. The highest BCUT2D eigenvalue weighted by Gasteiger charge is 2.16. The van der Waals surface area contributed by atoms with Gasteiger partial charge in [0.25, 0.3) is 5.69 Å². The van der Waals surface area contributed by atoms with E-state index >= 15 is 0 Å². The number of methoxy groups -OCH3 is 1. The van der Waals surface area contributed by atoms with Crippen molar-refractivity contribution in [1.29, 1.82) is 0 Å². The number of rotatable bonds is 5. The van der Waals surface area contributed by atoms with Crippen molar-refractivity contribution in [3.05, 3.63) is 50.7 Å². The number of hydrogen-bond acceptors (Lipinski definition) is 6. The normalized spacial score (nSPS) is 10.1. The van der Waals surface area contributed by atoms with Crippen LogP contribution in [0.5, 0.6) is 11.5 Å². The Morgan fingerprint density at radius 2 is 2.15 bits per heavy atom. The average molecular weight is 293 g/mol. The van der Waals surface area contributed by atoms with E-state index < -0.39 is 10.9 Å². The molecule has 2 aromatic rings. The first kappa shape index (κ1) is 14.0. The predicted molar refractivity (Wildman–Crippen MR) is 73.3 cm³/mol. The highest BCUT2D eigenvalue weighted by atomic mass is 32.1. The van der Waals surface area contributed by atoms with Gasteiger partial charge in [-0.2, -0.15) is 0 Å². The van der Waals surface area contributed by atoms with Gasteiger partial charge < -0.3 is 9.47 Å². The molecule has 20 heavy (non-hydrogen) atoms. The van der Waals surface area contributed by atoms with Crippen LogP contribution in [-0.2, 0) is 11.2 Å².